The summed E-state index contributed by atoms with van der Waals surface area (Å²) in [7, 11) is 1.68. The van der Waals surface area contributed by atoms with Gasteiger partial charge < -0.3 is 16.0 Å². The van der Waals surface area contributed by atoms with Crippen LogP contribution in [-0.4, -0.2) is 55.0 Å². The van der Waals surface area contributed by atoms with Crippen molar-refractivity contribution < 1.29 is 9.59 Å². The number of urea groups is 1. The third-order valence-electron chi connectivity index (χ3n) is 3.54. The molecule has 0 aromatic carbocycles. The average Bonchev–Trinajstić information content (AvgIpc) is 2.70. The Morgan fingerprint density at radius 1 is 1.48 bits per heavy atom. The number of guanidine groups is 1. The van der Waals surface area contributed by atoms with Gasteiger partial charge >= 0.3 is 6.03 Å². The van der Waals surface area contributed by atoms with Gasteiger partial charge in [-0.05, 0) is 19.8 Å². The zero-order valence-corrected chi connectivity index (χ0v) is 13.0. The van der Waals surface area contributed by atoms with Crippen LogP contribution in [0.25, 0.3) is 0 Å². The first-order chi connectivity index (χ1) is 9.98. The quantitative estimate of drug-likeness (QED) is 0.209. The number of aliphatic imine (C=N–C) groups is 1. The fraction of sp³-hybridized carbons (Fsp3) is 0.643. The molecule has 3 N–H and O–H groups in total. The van der Waals surface area contributed by atoms with Gasteiger partial charge in [0.05, 0.1) is 0 Å². The summed E-state index contributed by atoms with van der Waals surface area (Å²) in [5.41, 5.74) is -0.758. The normalized spacial score (nSPS) is 22.2. The second-order valence-corrected chi connectivity index (χ2v) is 5.09. The second-order valence-electron chi connectivity index (χ2n) is 5.09. The van der Waals surface area contributed by atoms with Crippen molar-refractivity contribution in [3.8, 4) is 0 Å². The molecule has 118 valence electrons. The lowest BCUT2D eigenvalue weighted by Gasteiger charge is -2.19. The molecule has 0 saturated carbocycles. The van der Waals surface area contributed by atoms with Crippen LogP contribution in [0.2, 0.25) is 0 Å². The maximum absolute atomic E-state index is 12.2. The van der Waals surface area contributed by atoms with Crippen molar-refractivity contribution in [2.75, 3.05) is 26.7 Å². The number of hydrogen-bond donors (Lipinski definition) is 3. The van der Waals surface area contributed by atoms with E-state index in [9.17, 15) is 9.59 Å². The molecule has 1 atom stereocenters. The highest BCUT2D eigenvalue weighted by Crippen LogP contribution is 2.20. The second kappa shape index (κ2) is 7.66. The topological polar surface area (TPSA) is 85.8 Å². The van der Waals surface area contributed by atoms with E-state index < -0.39 is 5.54 Å². The van der Waals surface area contributed by atoms with E-state index in [-0.39, 0.29) is 11.9 Å². The van der Waals surface area contributed by atoms with E-state index in [2.05, 4.69) is 27.5 Å². The summed E-state index contributed by atoms with van der Waals surface area (Å²) in [4.78, 5) is 29.3. The molecule has 21 heavy (non-hydrogen) atoms. The Morgan fingerprint density at radius 2 is 2.19 bits per heavy atom. The first-order valence-corrected chi connectivity index (χ1v) is 7.18. The lowest BCUT2D eigenvalue weighted by molar-refractivity contribution is -0.130. The van der Waals surface area contributed by atoms with E-state index in [0.717, 1.165) is 0 Å². The number of rotatable bonds is 7. The maximum atomic E-state index is 12.2. The van der Waals surface area contributed by atoms with E-state index in [1.807, 2.05) is 6.92 Å². The van der Waals surface area contributed by atoms with E-state index in [4.69, 9.17) is 0 Å². The Balaban J connectivity index is 2.38. The zero-order chi connectivity index (χ0) is 15.9. The van der Waals surface area contributed by atoms with Crippen LogP contribution in [0.4, 0.5) is 4.79 Å². The van der Waals surface area contributed by atoms with Crippen molar-refractivity contribution in [1.82, 2.24) is 20.9 Å². The van der Waals surface area contributed by atoms with Crippen molar-refractivity contribution in [2.24, 2.45) is 4.99 Å². The van der Waals surface area contributed by atoms with Crippen LogP contribution in [0.5, 0.6) is 0 Å². The Bertz CT molecular complexity index is 435. The van der Waals surface area contributed by atoms with Crippen LogP contribution < -0.4 is 16.0 Å². The van der Waals surface area contributed by atoms with Crippen molar-refractivity contribution in [2.45, 2.75) is 32.2 Å². The lowest BCUT2D eigenvalue weighted by atomic mass is 9.99. The van der Waals surface area contributed by atoms with Crippen LogP contribution >= 0.6 is 0 Å². The monoisotopic (exact) mass is 295 g/mol. The molecule has 1 fully saturated rings. The molecular weight excluding hydrogens is 270 g/mol. The van der Waals surface area contributed by atoms with Crippen molar-refractivity contribution in [1.29, 1.82) is 0 Å². The molecule has 1 saturated heterocycles. The molecule has 7 nitrogen and oxygen atoms in total. The SMILES string of the molecule is C=CCNC(=NC)NCCCN1C(=O)NC(C)(CC)C1=O. The van der Waals surface area contributed by atoms with E-state index in [1.54, 1.807) is 20.0 Å². The number of nitrogens with zero attached hydrogens (tertiary/aromatic N) is 2. The Hall–Kier alpha value is -2.05. The molecule has 1 aliphatic rings. The van der Waals surface area contributed by atoms with Crippen LogP contribution in [0, 0.1) is 0 Å². The van der Waals surface area contributed by atoms with Crippen LogP contribution in [-0.2, 0) is 4.79 Å². The highest BCUT2D eigenvalue weighted by molar-refractivity contribution is 6.06. The summed E-state index contributed by atoms with van der Waals surface area (Å²) in [6.45, 7) is 8.91. The van der Waals surface area contributed by atoms with Gasteiger partial charge in [0.15, 0.2) is 5.96 Å². The molecule has 1 heterocycles. The highest BCUT2D eigenvalue weighted by Gasteiger charge is 2.45. The molecule has 0 aliphatic carbocycles. The molecule has 3 amide bonds. The third-order valence-corrected chi connectivity index (χ3v) is 3.54. The Morgan fingerprint density at radius 3 is 2.71 bits per heavy atom. The van der Waals surface area contributed by atoms with Gasteiger partial charge in [0.25, 0.3) is 5.91 Å². The van der Waals surface area contributed by atoms with Crippen LogP contribution in [0.15, 0.2) is 17.6 Å². The number of carbonyl (C=O) groups is 2. The first-order valence-electron chi connectivity index (χ1n) is 7.18. The minimum atomic E-state index is -0.758. The first kappa shape index (κ1) is 17.0. The molecule has 0 aromatic rings. The fourth-order valence-electron chi connectivity index (χ4n) is 2.02. The van der Waals surface area contributed by atoms with Gasteiger partial charge in [-0.2, -0.15) is 0 Å². The summed E-state index contributed by atoms with van der Waals surface area (Å²) in [6, 6.07) is -0.307. The molecule has 0 radical (unpaired) electrons. The van der Waals surface area contributed by atoms with Gasteiger partial charge in [-0.3, -0.25) is 14.7 Å². The van der Waals surface area contributed by atoms with Crippen LogP contribution in [0.1, 0.15) is 26.7 Å². The number of nitrogens with one attached hydrogen (secondary N) is 3. The van der Waals surface area contributed by atoms with Crippen molar-refractivity contribution in [3.63, 3.8) is 0 Å². The number of carbonyl (C=O) groups excluding carboxylic acids is 2. The van der Waals surface area contributed by atoms with Crippen LogP contribution in [0.3, 0.4) is 0 Å². The lowest BCUT2D eigenvalue weighted by Crippen LogP contribution is -2.43. The Labute approximate surface area is 125 Å². The van der Waals surface area contributed by atoms with Crippen molar-refractivity contribution >= 4 is 17.9 Å². The van der Waals surface area contributed by atoms with Gasteiger partial charge in [0.2, 0.25) is 0 Å². The molecule has 1 rings (SSSR count). The molecule has 0 spiro atoms. The predicted molar refractivity (Wildman–Crippen MR) is 83.1 cm³/mol. The zero-order valence-electron chi connectivity index (χ0n) is 13.0. The molecule has 1 aliphatic heterocycles. The number of amides is 3. The van der Waals surface area contributed by atoms with E-state index in [0.29, 0.717) is 38.4 Å². The molecular formula is C14H25N5O2. The van der Waals surface area contributed by atoms with Gasteiger partial charge in [0, 0.05) is 26.7 Å². The number of hydrogen-bond acceptors (Lipinski definition) is 3. The Kier molecular flexibility index (Phi) is 6.20. The summed E-state index contributed by atoms with van der Waals surface area (Å²) >= 11 is 0. The average molecular weight is 295 g/mol. The standard InChI is InChI=1S/C14H25N5O2/c1-5-8-16-12(15-4)17-9-7-10-19-11(20)14(3,6-2)18-13(19)21/h5H,1,6-10H2,2-4H3,(H,18,21)(H2,15,16,17). The van der Waals surface area contributed by atoms with E-state index in [1.165, 1.54) is 4.90 Å². The minimum Gasteiger partial charge on any atom is -0.356 e. The largest absolute Gasteiger partial charge is 0.356 e. The third kappa shape index (κ3) is 4.21. The van der Waals surface area contributed by atoms with Gasteiger partial charge in [-0.25, -0.2) is 4.79 Å². The van der Waals surface area contributed by atoms with Crippen molar-refractivity contribution in [3.05, 3.63) is 12.7 Å². The molecule has 1 unspecified atom stereocenters. The number of imide groups is 1. The van der Waals surface area contributed by atoms with Gasteiger partial charge in [-0.15, -0.1) is 6.58 Å². The van der Waals surface area contributed by atoms with Gasteiger partial charge in [0.1, 0.15) is 5.54 Å². The van der Waals surface area contributed by atoms with E-state index >= 15 is 0 Å². The fourth-order valence-corrected chi connectivity index (χ4v) is 2.02. The minimum absolute atomic E-state index is 0.149. The summed E-state index contributed by atoms with van der Waals surface area (Å²) < 4.78 is 0. The summed E-state index contributed by atoms with van der Waals surface area (Å²) in [6.07, 6.45) is 2.99. The summed E-state index contributed by atoms with van der Waals surface area (Å²) in [5.74, 6) is 0.523. The maximum Gasteiger partial charge on any atom is 0.325 e. The smallest absolute Gasteiger partial charge is 0.325 e. The van der Waals surface area contributed by atoms with Gasteiger partial charge in [-0.1, -0.05) is 13.0 Å². The molecule has 0 bridgehead atoms. The molecule has 0 aromatic heterocycles. The summed E-state index contributed by atoms with van der Waals surface area (Å²) in [5, 5.41) is 8.90. The molecule has 7 heteroatoms. The predicted octanol–water partition coefficient (Wildman–Crippen LogP) is 0.448. The highest BCUT2D eigenvalue weighted by atomic mass is 16.2.